The fourth-order valence-electron chi connectivity index (χ4n) is 2.43. The normalized spacial score (nSPS) is 11.6. The predicted octanol–water partition coefficient (Wildman–Crippen LogP) is 3.96. The molecule has 1 aromatic heterocycles. The zero-order valence-corrected chi connectivity index (χ0v) is 18.2. The Hall–Kier alpha value is -3.14. The van der Waals surface area contributed by atoms with Crippen LogP contribution in [0, 0.1) is 0 Å². The topological polar surface area (TPSA) is 97.4 Å². The van der Waals surface area contributed by atoms with Gasteiger partial charge in [-0.1, -0.05) is 44.5 Å². The first-order chi connectivity index (χ1) is 14.8. The van der Waals surface area contributed by atoms with Crippen LogP contribution in [0.1, 0.15) is 42.3 Å². The van der Waals surface area contributed by atoms with Crippen LogP contribution in [-0.2, 0) is 25.9 Å². The number of nitrogens with one attached hydrogen (secondary N) is 2. The van der Waals surface area contributed by atoms with Crippen molar-refractivity contribution in [2.24, 2.45) is 0 Å². The molecule has 2 rings (SSSR count). The number of hydrogen-bond donors (Lipinski definition) is 2. The smallest absolute Gasteiger partial charge is 0.417 e. The summed E-state index contributed by atoms with van der Waals surface area (Å²) in [6, 6.07) is 7.51. The molecular formula is C21H21ClF3N3O4. The first-order valence-electron chi connectivity index (χ1n) is 9.34. The van der Waals surface area contributed by atoms with Gasteiger partial charge in [0.15, 0.2) is 12.4 Å². The quantitative estimate of drug-likeness (QED) is 0.621. The highest BCUT2D eigenvalue weighted by Gasteiger charge is 2.31. The Labute approximate surface area is 187 Å². The summed E-state index contributed by atoms with van der Waals surface area (Å²) >= 11 is 5.69. The third-order valence-electron chi connectivity index (χ3n) is 4.20. The van der Waals surface area contributed by atoms with E-state index in [0.717, 1.165) is 5.56 Å². The second-order valence-electron chi connectivity index (χ2n) is 7.77. The SMILES string of the molecule is CC(C)(C)c1ccc(C(=O)NCC(=O)OCC(=O)Nc2ncc(C(F)(F)F)cc2Cl)cc1. The minimum absolute atomic E-state index is 0.0699. The van der Waals surface area contributed by atoms with E-state index >= 15 is 0 Å². The Bertz CT molecular complexity index is 1000. The number of ether oxygens (including phenoxy) is 1. The number of halogens is 4. The Morgan fingerprint density at radius 3 is 2.22 bits per heavy atom. The molecule has 11 heteroatoms. The second kappa shape index (κ2) is 9.99. The zero-order chi connectivity index (χ0) is 24.1. The van der Waals surface area contributed by atoms with Crippen LogP contribution in [0.25, 0.3) is 0 Å². The molecule has 2 N–H and O–H groups in total. The van der Waals surface area contributed by atoms with E-state index in [1.54, 1.807) is 12.1 Å². The highest BCUT2D eigenvalue weighted by molar-refractivity contribution is 6.33. The number of aromatic nitrogens is 1. The van der Waals surface area contributed by atoms with Crippen molar-refractivity contribution < 1.29 is 32.3 Å². The van der Waals surface area contributed by atoms with E-state index in [-0.39, 0.29) is 11.2 Å². The Morgan fingerprint density at radius 2 is 1.69 bits per heavy atom. The fourth-order valence-corrected chi connectivity index (χ4v) is 2.64. The van der Waals surface area contributed by atoms with E-state index < -0.39 is 47.7 Å². The molecule has 7 nitrogen and oxygen atoms in total. The molecule has 1 heterocycles. The van der Waals surface area contributed by atoms with Crippen LogP contribution in [0.5, 0.6) is 0 Å². The lowest BCUT2D eigenvalue weighted by atomic mass is 9.87. The highest BCUT2D eigenvalue weighted by Crippen LogP contribution is 2.32. The van der Waals surface area contributed by atoms with Crippen LogP contribution in [0.3, 0.4) is 0 Å². The van der Waals surface area contributed by atoms with Crippen LogP contribution >= 0.6 is 11.6 Å². The molecule has 0 aliphatic carbocycles. The van der Waals surface area contributed by atoms with Gasteiger partial charge in [-0.05, 0) is 29.2 Å². The number of carbonyl (C=O) groups is 3. The summed E-state index contributed by atoms with van der Waals surface area (Å²) in [6.07, 6.45) is -4.12. The third kappa shape index (κ3) is 7.23. The average Bonchev–Trinajstić information content (AvgIpc) is 2.70. The Kier molecular flexibility index (Phi) is 7.84. The van der Waals surface area contributed by atoms with Crippen LogP contribution < -0.4 is 10.6 Å². The van der Waals surface area contributed by atoms with Crippen molar-refractivity contribution in [3.05, 3.63) is 58.2 Å². The number of rotatable bonds is 6. The lowest BCUT2D eigenvalue weighted by Gasteiger charge is -2.19. The van der Waals surface area contributed by atoms with Crippen LogP contribution in [0.2, 0.25) is 5.02 Å². The van der Waals surface area contributed by atoms with Crippen molar-refractivity contribution in [1.82, 2.24) is 10.3 Å². The van der Waals surface area contributed by atoms with E-state index in [1.807, 2.05) is 32.9 Å². The van der Waals surface area contributed by atoms with E-state index in [0.29, 0.717) is 17.8 Å². The van der Waals surface area contributed by atoms with Crippen LogP contribution in [0.4, 0.5) is 19.0 Å². The number of amides is 2. The summed E-state index contributed by atoms with van der Waals surface area (Å²) in [4.78, 5) is 39.2. The highest BCUT2D eigenvalue weighted by atomic mass is 35.5. The molecule has 0 saturated carbocycles. The molecule has 32 heavy (non-hydrogen) atoms. The van der Waals surface area contributed by atoms with Gasteiger partial charge in [0.1, 0.15) is 6.54 Å². The van der Waals surface area contributed by atoms with Gasteiger partial charge >= 0.3 is 12.1 Å². The van der Waals surface area contributed by atoms with Gasteiger partial charge in [0.2, 0.25) is 0 Å². The van der Waals surface area contributed by atoms with Crippen LogP contribution in [-0.4, -0.2) is 35.9 Å². The predicted molar refractivity (Wildman–Crippen MR) is 111 cm³/mol. The number of pyridine rings is 1. The maximum atomic E-state index is 12.6. The monoisotopic (exact) mass is 471 g/mol. The van der Waals surface area contributed by atoms with Gasteiger partial charge in [-0.3, -0.25) is 14.4 Å². The molecule has 172 valence electrons. The molecule has 0 aliphatic rings. The minimum Gasteiger partial charge on any atom is -0.454 e. The van der Waals surface area contributed by atoms with Crippen molar-refractivity contribution in [1.29, 1.82) is 0 Å². The van der Waals surface area contributed by atoms with Gasteiger partial charge < -0.3 is 15.4 Å². The van der Waals surface area contributed by atoms with Crippen molar-refractivity contribution in [2.45, 2.75) is 32.4 Å². The molecule has 2 amide bonds. The molecule has 0 unspecified atom stereocenters. The molecule has 0 fully saturated rings. The molecule has 1 aromatic carbocycles. The van der Waals surface area contributed by atoms with Crippen molar-refractivity contribution in [3.63, 3.8) is 0 Å². The van der Waals surface area contributed by atoms with E-state index in [9.17, 15) is 27.6 Å². The fraction of sp³-hybridized carbons (Fsp3) is 0.333. The van der Waals surface area contributed by atoms with Gasteiger partial charge in [0.25, 0.3) is 11.8 Å². The molecule has 0 spiro atoms. The number of carbonyl (C=O) groups excluding carboxylic acids is 3. The average molecular weight is 472 g/mol. The summed E-state index contributed by atoms with van der Waals surface area (Å²) in [5.41, 5.74) is 0.254. The molecule has 0 radical (unpaired) electrons. The van der Waals surface area contributed by atoms with Crippen molar-refractivity contribution in [2.75, 3.05) is 18.5 Å². The van der Waals surface area contributed by atoms with Gasteiger partial charge in [-0.25, -0.2) is 4.98 Å². The number of hydrogen-bond acceptors (Lipinski definition) is 5. The second-order valence-corrected chi connectivity index (χ2v) is 8.18. The molecule has 0 atom stereocenters. The summed E-state index contributed by atoms with van der Waals surface area (Å²) in [5, 5.41) is 4.09. The Balaban J connectivity index is 1.80. The standard InChI is InChI=1S/C21H21ClF3N3O4/c1-20(2,3)13-6-4-12(5-7-13)19(31)27-10-17(30)32-11-16(29)28-18-15(22)8-14(9-26-18)21(23,24)25/h4-9H,10-11H2,1-3H3,(H,27,31)(H,26,28,29). The Morgan fingerprint density at radius 1 is 1.06 bits per heavy atom. The number of anilines is 1. The first kappa shape index (κ1) is 25.1. The summed E-state index contributed by atoms with van der Waals surface area (Å²) in [6.45, 7) is 4.89. The summed E-state index contributed by atoms with van der Waals surface area (Å²) in [7, 11) is 0. The largest absolute Gasteiger partial charge is 0.454 e. The molecule has 2 aromatic rings. The number of alkyl halides is 3. The number of nitrogens with zero attached hydrogens (tertiary/aromatic N) is 1. The van der Waals surface area contributed by atoms with Crippen LogP contribution in [0.15, 0.2) is 36.5 Å². The van der Waals surface area contributed by atoms with E-state index in [2.05, 4.69) is 15.6 Å². The molecule has 0 bridgehead atoms. The lowest BCUT2D eigenvalue weighted by molar-refractivity contribution is -0.146. The number of esters is 1. The van der Waals surface area contributed by atoms with Crippen molar-refractivity contribution >= 4 is 35.2 Å². The van der Waals surface area contributed by atoms with Gasteiger partial charge in [0, 0.05) is 11.8 Å². The molecular weight excluding hydrogens is 451 g/mol. The first-order valence-corrected chi connectivity index (χ1v) is 9.72. The summed E-state index contributed by atoms with van der Waals surface area (Å²) < 4.78 is 42.5. The molecule has 0 saturated heterocycles. The third-order valence-corrected chi connectivity index (χ3v) is 4.49. The van der Waals surface area contributed by atoms with E-state index in [4.69, 9.17) is 16.3 Å². The lowest BCUT2D eigenvalue weighted by Crippen LogP contribution is -2.32. The molecule has 0 aliphatic heterocycles. The van der Waals surface area contributed by atoms with Gasteiger partial charge in [0.05, 0.1) is 10.6 Å². The van der Waals surface area contributed by atoms with E-state index in [1.165, 1.54) is 0 Å². The van der Waals surface area contributed by atoms with Gasteiger partial charge in [-0.15, -0.1) is 0 Å². The minimum atomic E-state index is -4.63. The maximum Gasteiger partial charge on any atom is 0.417 e. The maximum absolute atomic E-state index is 12.6. The van der Waals surface area contributed by atoms with Gasteiger partial charge in [-0.2, -0.15) is 13.2 Å². The summed E-state index contributed by atoms with van der Waals surface area (Å²) in [5.74, 6) is -2.55. The number of benzene rings is 1. The zero-order valence-electron chi connectivity index (χ0n) is 17.5. The van der Waals surface area contributed by atoms with Crippen molar-refractivity contribution in [3.8, 4) is 0 Å².